The van der Waals surface area contributed by atoms with Crippen molar-refractivity contribution >= 4 is 39.7 Å². The third kappa shape index (κ3) is 6.72. The van der Waals surface area contributed by atoms with Crippen molar-refractivity contribution in [2.75, 3.05) is 11.9 Å². The van der Waals surface area contributed by atoms with Crippen molar-refractivity contribution < 1.29 is 27.4 Å². The smallest absolute Gasteiger partial charge is 0.259 e. The second-order valence-corrected chi connectivity index (χ2v) is 18.6. The Morgan fingerprint density at radius 1 is 1.15 bits per heavy atom. The Kier molecular flexibility index (Phi) is 11.1. The number of rotatable bonds is 16. The molecule has 47 heavy (non-hydrogen) atoms. The lowest BCUT2D eigenvalue weighted by molar-refractivity contribution is -0.0553. The first kappa shape index (κ1) is 35.4. The van der Waals surface area contributed by atoms with E-state index in [9.17, 15) is 4.79 Å². The molecule has 1 N–H and O–H groups in total. The van der Waals surface area contributed by atoms with Gasteiger partial charge in [-0.05, 0) is 58.0 Å². The number of anilines is 1. The lowest BCUT2D eigenvalue weighted by Gasteiger charge is -2.38. The first-order valence-electron chi connectivity index (χ1n) is 16.4. The normalized spacial score (nSPS) is 24.6. The highest BCUT2D eigenvalue weighted by Crippen LogP contribution is 2.65. The third-order valence-electron chi connectivity index (χ3n) is 9.12. The van der Waals surface area contributed by atoms with Gasteiger partial charge in [0.25, 0.3) is 14.4 Å². The van der Waals surface area contributed by atoms with E-state index in [4.69, 9.17) is 23.5 Å². The van der Waals surface area contributed by atoms with Crippen molar-refractivity contribution in [1.29, 1.82) is 5.26 Å². The van der Waals surface area contributed by atoms with Crippen LogP contribution in [-0.4, -0.2) is 81.1 Å². The van der Waals surface area contributed by atoms with Crippen LogP contribution in [0.3, 0.4) is 0 Å². The van der Waals surface area contributed by atoms with Crippen molar-refractivity contribution in [3.05, 3.63) is 48.5 Å². The molecular weight excluding hydrogens is 640 g/mol. The molecule has 2 aliphatic rings. The summed E-state index contributed by atoms with van der Waals surface area (Å²) in [5, 5.41) is 12.0. The van der Waals surface area contributed by atoms with Gasteiger partial charge in [-0.3, -0.25) is 9.36 Å². The summed E-state index contributed by atoms with van der Waals surface area (Å²) < 4.78 is 47.2. The maximum Gasteiger partial charge on any atom is 0.259 e. The molecule has 0 spiro atoms. The second-order valence-electron chi connectivity index (χ2n) is 12.5. The molecule has 1 aromatic carbocycles. The van der Waals surface area contributed by atoms with E-state index in [1.165, 1.54) is 12.7 Å². The fourth-order valence-electron chi connectivity index (χ4n) is 6.40. The lowest BCUT2D eigenvalue weighted by Crippen LogP contribution is -2.48. The maximum atomic E-state index is 17.2. The predicted molar refractivity (Wildman–Crippen MR) is 180 cm³/mol. The number of carbonyl (C=O) groups is 1. The summed E-state index contributed by atoms with van der Waals surface area (Å²) in [5.41, 5.74) is -0.240. The fourth-order valence-corrected chi connectivity index (χ4v) is 11.2. The SMILES string of the molecule is CC[Si](CC)(CC)O[C@]12C(OP(OCCC#N)N(C(C)C)C(C)C)[C@H]1O[C@@H](n1cnc3c(NC(=O)c4ccccc4)ncnc31)[C@@H]2F. The first-order chi connectivity index (χ1) is 22.6. The summed E-state index contributed by atoms with van der Waals surface area (Å²) in [6.45, 7) is 14.7. The Balaban J connectivity index is 1.46. The highest BCUT2D eigenvalue weighted by molar-refractivity contribution is 7.44. The summed E-state index contributed by atoms with van der Waals surface area (Å²) in [4.78, 5) is 26.0. The number of imidazole rings is 1. The topological polar surface area (TPSA) is 137 Å². The number of fused-ring (bicyclic) bond motifs is 2. The Bertz CT molecular complexity index is 1560. The van der Waals surface area contributed by atoms with Crippen LogP contribution in [0.25, 0.3) is 11.2 Å². The van der Waals surface area contributed by atoms with Gasteiger partial charge in [-0.25, -0.2) is 24.0 Å². The van der Waals surface area contributed by atoms with Crippen LogP contribution in [0.5, 0.6) is 0 Å². The molecule has 3 heterocycles. The van der Waals surface area contributed by atoms with Gasteiger partial charge < -0.3 is 23.5 Å². The van der Waals surface area contributed by atoms with Gasteiger partial charge in [0.2, 0.25) is 0 Å². The highest BCUT2D eigenvalue weighted by atomic mass is 31.2. The first-order valence-corrected chi connectivity index (χ1v) is 20.0. The van der Waals surface area contributed by atoms with Crippen LogP contribution < -0.4 is 5.32 Å². The molecule has 1 amide bonds. The predicted octanol–water partition coefficient (Wildman–Crippen LogP) is 6.75. The number of nitriles is 1. The van der Waals surface area contributed by atoms with E-state index in [1.807, 2.05) is 6.07 Å². The fraction of sp³-hybridized carbons (Fsp3) is 0.594. The summed E-state index contributed by atoms with van der Waals surface area (Å²) >= 11 is 0. The molecule has 2 fully saturated rings. The molecule has 5 rings (SSSR count). The number of aromatic nitrogens is 4. The van der Waals surface area contributed by atoms with Gasteiger partial charge in [0.05, 0.1) is 25.4 Å². The van der Waals surface area contributed by atoms with Crippen LogP contribution >= 0.6 is 8.53 Å². The van der Waals surface area contributed by atoms with E-state index in [0.29, 0.717) is 16.7 Å². The van der Waals surface area contributed by atoms with Crippen LogP contribution in [0.15, 0.2) is 43.0 Å². The number of alkyl halides is 1. The van der Waals surface area contributed by atoms with Gasteiger partial charge in [-0.1, -0.05) is 39.0 Å². The van der Waals surface area contributed by atoms with Gasteiger partial charge in [-0.15, -0.1) is 0 Å². The number of carbonyl (C=O) groups excluding carboxylic acids is 1. The minimum atomic E-state index is -2.37. The number of amides is 1. The van der Waals surface area contributed by atoms with E-state index in [2.05, 4.69) is 79.5 Å². The number of halogens is 1. The standard InChI is InChI=1S/C32H45FN7O5PSi/c1-8-47(9-2,10-3)45-32-25(33)31(43-26(32)27(32)44-46(42-18-14-17-34)40(21(4)5)22(6)7)39-20-37-24-28(35-19-36-29(24)39)38-30(41)23-15-12-11-13-16-23/h11-13,15-16,19-22,25-27,31H,8-10,14,18H2,1-7H3,(H,35,36,38,41)/t25-,26+,27?,31+,32-,46?/m0/s1. The van der Waals surface area contributed by atoms with Gasteiger partial charge >= 0.3 is 0 Å². The van der Waals surface area contributed by atoms with Crippen molar-refractivity contribution in [2.24, 2.45) is 0 Å². The van der Waals surface area contributed by atoms with Gasteiger partial charge in [0.1, 0.15) is 18.5 Å². The zero-order chi connectivity index (χ0) is 33.9. The average Bonchev–Trinajstić information content (AvgIpc) is 3.30. The molecule has 254 valence electrons. The molecule has 0 bridgehead atoms. The lowest BCUT2D eigenvalue weighted by atomic mass is 10.2. The quantitative estimate of drug-likeness (QED) is 0.0980. The van der Waals surface area contributed by atoms with E-state index < -0.39 is 47.1 Å². The van der Waals surface area contributed by atoms with Crippen LogP contribution in [-0.2, 0) is 18.2 Å². The molecule has 2 unspecified atom stereocenters. The Morgan fingerprint density at radius 2 is 1.83 bits per heavy atom. The molecule has 6 atom stereocenters. The molecular formula is C32H45FN7O5PSi. The summed E-state index contributed by atoms with van der Waals surface area (Å²) in [5.74, 6) is -0.134. The van der Waals surface area contributed by atoms with Crippen LogP contribution in [0.1, 0.15) is 71.5 Å². The summed E-state index contributed by atoms with van der Waals surface area (Å²) in [6.07, 6.45) is -1.12. The molecule has 3 aromatic rings. The van der Waals surface area contributed by atoms with E-state index >= 15 is 4.39 Å². The van der Waals surface area contributed by atoms with Gasteiger partial charge in [-0.2, -0.15) is 5.26 Å². The second kappa shape index (κ2) is 14.7. The number of nitrogens with zero attached hydrogens (tertiary/aromatic N) is 6. The highest BCUT2D eigenvalue weighted by Gasteiger charge is 2.82. The summed E-state index contributed by atoms with van der Waals surface area (Å²) in [7, 11) is -4.02. The molecule has 2 aromatic heterocycles. The van der Waals surface area contributed by atoms with Crippen molar-refractivity contribution in [3.8, 4) is 6.07 Å². The zero-order valence-electron chi connectivity index (χ0n) is 28.1. The van der Waals surface area contributed by atoms with E-state index in [0.717, 1.165) is 18.1 Å². The Hall–Kier alpha value is -2.89. The summed E-state index contributed by atoms with van der Waals surface area (Å²) in [6, 6.07) is 13.5. The minimum absolute atomic E-state index is 0.0810. The molecule has 1 aliphatic heterocycles. The molecule has 15 heteroatoms. The Morgan fingerprint density at radius 3 is 2.45 bits per heavy atom. The molecule has 0 radical (unpaired) electrons. The minimum Gasteiger partial charge on any atom is -0.403 e. The monoisotopic (exact) mass is 685 g/mol. The maximum absolute atomic E-state index is 17.2. The third-order valence-corrected chi connectivity index (χ3v) is 15.9. The van der Waals surface area contributed by atoms with Gasteiger partial charge in [0, 0.05) is 17.6 Å². The number of benzene rings is 1. The van der Waals surface area contributed by atoms with Crippen LogP contribution in [0.2, 0.25) is 18.1 Å². The number of hydrogen-bond donors (Lipinski definition) is 1. The largest absolute Gasteiger partial charge is 0.403 e. The molecule has 1 aliphatic carbocycles. The van der Waals surface area contributed by atoms with Crippen LogP contribution in [0.4, 0.5) is 10.2 Å². The molecule has 1 saturated heterocycles. The molecule has 1 saturated carbocycles. The van der Waals surface area contributed by atoms with Crippen molar-refractivity contribution in [1.82, 2.24) is 24.2 Å². The van der Waals surface area contributed by atoms with E-state index in [-0.39, 0.29) is 36.8 Å². The molecule has 12 nitrogen and oxygen atoms in total. The van der Waals surface area contributed by atoms with Crippen molar-refractivity contribution in [2.45, 2.75) is 115 Å². The number of ether oxygens (including phenoxy) is 1. The average molecular weight is 686 g/mol. The number of hydrogen-bond acceptors (Lipinski definition) is 10. The number of nitrogens with one attached hydrogen (secondary N) is 1. The van der Waals surface area contributed by atoms with Crippen LogP contribution in [0, 0.1) is 11.3 Å². The zero-order valence-corrected chi connectivity index (χ0v) is 30.0. The Labute approximate surface area is 278 Å². The van der Waals surface area contributed by atoms with E-state index in [1.54, 1.807) is 28.8 Å². The van der Waals surface area contributed by atoms with Gasteiger partial charge in [0.15, 0.2) is 43.3 Å². The van der Waals surface area contributed by atoms with Crippen molar-refractivity contribution in [3.63, 3.8) is 0 Å².